The van der Waals surface area contributed by atoms with Gasteiger partial charge in [0.1, 0.15) is 23.9 Å². The van der Waals surface area contributed by atoms with Crippen molar-refractivity contribution in [3.8, 4) is 11.5 Å². The maximum atomic E-state index is 12.1. The van der Waals surface area contributed by atoms with Crippen LogP contribution in [0.4, 0.5) is 16.7 Å². The van der Waals surface area contributed by atoms with E-state index in [4.69, 9.17) is 9.47 Å². The quantitative estimate of drug-likeness (QED) is 0.604. The molecule has 0 bridgehead atoms. The molecule has 1 N–H and O–H groups in total. The first kappa shape index (κ1) is 20.5. The fraction of sp³-hybridized carbons (Fsp3) is 0.318. The molecule has 1 aromatic carbocycles. The summed E-state index contributed by atoms with van der Waals surface area (Å²) in [6.45, 7) is 6.04. The molecule has 9 nitrogen and oxygen atoms in total. The molecule has 0 radical (unpaired) electrons. The van der Waals surface area contributed by atoms with Crippen molar-refractivity contribution in [3.63, 3.8) is 0 Å². The lowest BCUT2D eigenvalue weighted by Gasteiger charge is -2.19. The number of aromatic nitrogens is 4. The number of para-hydroxylation sites is 1. The Balaban J connectivity index is 1.47. The third-order valence-corrected chi connectivity index (χ3v) is 4.91. The molecule has 2 atom stereocenters. The molecule has 9 heteroatoms. The zero-order valence-electron chi connectivity index (χ0n) is 17.6. The third kappa shape index (κ3) is 4.71. The topological polar surface area (TPSA) is 102 Å². The number of cyclic esters (lactones) is 1. The molecular formula is C22H24N6O3. The highest BCUT2D eigenvalue weighted by Crippen LogP contribution is 2.25. The zero-order chi connectivity index (χ0) is 21.8. The molecule has 4 rings (SSSR count). The Labute approximate surface area is 180 Å². The van der Waals surface area contributed by atoms with Crippen LogP contribution < -0.4 is 15.0 Å². The van der Waals surface area contributed by atoms with E-state index in [2.05, 4.69) is 25.3 Å². The molecule has 3 heterocycles. The summed E-state index contributed by atoms with van der Waals surface area (Å²) in [5, 5.41) is 3.24. The summed E-state index contributed by atoms with van der Waals surface area (Å²) in [5.74, 6) is 2.57. The number of ether oxygens (including phenoxy) is 2. The van der Waals surface area contributed by atoms with Crippen LogP contribution in [-0.4, -0.2) is 38.7 Å². The van der Waals surface area contributed by atoms with Crippen molar-refractivity contribution in [2.75, 3.05) is 16.8 Å². The lowest BCUT2D eigenvalue weighted by Crippen LogP contribution is -2.34. The summed E-state index contributed by atoms with van der Waals surface area (Å²) >= 11 is 0. The summed E-state index contributed by atoms with van der Waals surface area (Å²) in [6.07, 6.45) is 1.99. The Morgan fingerprint density at radius 2 is 1.97 bits per heavy atom. The van der Waals surface area contributed by atoms with E-state index in [0.717, 1.165) is 17.9 Å². The Morgan fingerprint density at radius 1 is 1.16 bits per heavy atom. The lowest BCUT2D eigenvalue weighted by atomic mass is 10.2. The van der Waals surface area contributed by atoms with Crippen LogP contribution in [0.1, 0.15) is 37.8 Å². The molecule has 1 fully saturated rings. The molecule has 31 heavy (non-hydrogen) atoms. The highest BCUT2D eigenvalue weighted by Gasteiger charge is 2.35. The summed E-state index contributed by atoms with van der Waals surface area (Å²) in [7, 11) is 0. The number of rotatable bonds is 7. The second kappa shape index (κ2) is 8.95. The van der Waals surface area contributed by atoms with E-state index in [1.54, 1.807) is 13.1 Å². The van der Waals surface area contributed by atoms with Crippen molar-refractivity contribution in [2.45, 2.75) is 39.3 Å². The van der Waals surface area contributed by atoms with Gasteiger partial charge >= 0.3 is 6.09 Å². The van der Waals surface area contributed by atoms with E-state index < -0.39 is 6.09 Å². The van der Waals surface area contributed by atoms with Crippen LogP contribution in [0.3, 0.4) is 0 Å². The number of nitrogens with zero attached hydrogens (tertiary/aromatic N) is 5. The Kier molecular flexibility index (Phi) is 5.92. The second-order valence-corrected chi connectivity index (χ2v) is 7.22. The zero-order valence-corrected chi connectivity index (χ0v) is 17.6. The number of aryl methyl sites for hydroxylation is 1. The molecule has 1 amide bonds. The van der Waals surface area contributed by atoms with Gasteiger partial charge < -0.3 is 14.8 Å². The highest BCUT2D eigenvalue weighted by molar-refractivity contribution is 5.88. The van der Waals surface area contributed by atoms with Crippen LogP contribution in [0.2, 0.25) is 0 Å². The van der Waals surface area contributed by atoms with Gasteiger partial charge in [0.15, 0.2) is 0 Å². The molecule has 0 aliphatic carbocycles. The molecule has 1 saturated heterocycles. The van der Waals surface area contributed by atoms with Gasteiger partial charge in [-0.25, -0.2) is 9.69 Å². The van der Waals surface area contributed by atoms with Gasteiger partial charge in [-0.3, -0.25) is 4.98 Å². The predicted octanol–water partition coefficient (Wildman–Crippen LogP) is 4.28. The number of benzene rings is 1. The van der Waals surface area contributed by atoms with E-state index in [9.17, 15) is 4.79 Å². The summed E-state index contributed by atoms with van der Waals surface area (Å²) in [4.78, 5) is 31.2. The van der Waals surface area contributed by atoms with Crippen LogP contribution in [0.25, 0.3) is 0 Å². The number of carbonyl (C=O) groups is 1. The van der Waals surface area contributed by atoms with E-state index in [1.165, 1.54) is 4.90 Å². The number of nitrogens with one attached hydrogen (secondary N) is 1. The van der Waals surface area contributed by atoms with Crippen LogP contribution in [0, 0.1) is 6.92 Å². The van der Waals surface area contributed by atoms with Crippen molar-refractivity contribution in [1.29, 1.82) is 0 Å². The number of amides is 1. The van der Waals surface area contributed by atoms with Crippen LogP contribution in [0.5, 0.6) is 11.5 Å². The molecule has 1 aliphatic rings. The number of anilines is 2. The largest absolute Gasteiger partial charge is 0.456 e. The van der Waals surface area contributed by atoms with E-state index in [-0.39, 0.29) is 18.0 Å². The number of carbonyl (C=O) groups excluding carboxylic acids is 1. The SMILES string of the molecule is CCC1COC(=O)N1c1nc(C)nc(N[C@@H](C)c2ccc(Oc3ccccc3)cn2)n1. The van der Waals surface area contributed by atoms with Crippen LogP contribution >= 0.6 is 0 Å². The van der Waals surface area contributed by atoms with E-state index >= 15 is 0 Å². The first-order chi connectivity index (χ1) is 15.0. The first-order valence-corrected chi connectivity index (χ1v) is 10.2. The van der Waals surface area contributed by atoms with Gasteiger partial charge in [-0.15, -0.1) is 0 Å². The van der Waals surface area contributed by atoms with Crippen LogP contribution in [0.15, 0.2) is 48.7 Å². The maximum Gasteiger partial charge on any atom is 0.417 e. The first-order valence-electron chi connectivity index (χ1n) is 10.2. The fourth-order valence-corrected chi connectivity index (χ4v) is 3.25. The average Bonchev–Trinajstić information content (AvgIpc) is 3.15. The normalized spacial score (nSPS) is 16.7. The van der Waals surface area contributed by atoms with Crippen molar-refractivity contribution >= 4 is 18.0 Å². The molecule has 3 aromatic rings. The van der Waals surface area contributed by atoms with Gasteiger partial charge in [0, 0.05) is 0 Å². The summed E-state index contributed by atoms with van der Waals surface area (Å²) in [6, 6.07) is 13.0. The molecule has 0 spiro atoms. The van der Waals surface area contributed by atoms with Gasteiger partial charge in [0.25, 0.3) is 0 Å². The molecule has 2 aromatic heterocycles. The molecular weight excluding hydrogens is 396 g/mol. The van der Waals surface area contributed by atoms with E-state index in [0.29, 0.717) is 24.1 Å². The third-order valence-electron chi connectivity index (χ3n) is 4.91. The highest BCUT2D eigenvalue weighted by atomic mass is 16.6. The van der Waals surface area contributed by atoms with Gasteiger partial charge in [-0.1, -0.05) is 25.1 Å². The summed E-state index contributed by atoms with van der Waals surface area (Å²) < 4.78 is 10.9. The fourth-order valence-electron chi connectivity index (χ4n) is 3.25. The van der Waals surface area contributed by atoms with Crippen molar-refractivity contribution in [1.82, 2.24) is 19.9 Å². The average molecular weight is 420 g/mol. The minimum Gasteiger partial charge on any atom is -0.456 e. The van der Waals surface area contributed by atoms with Crippen molar-refractivity contribution < 1.29 is 14.3 Å². The van der Waals surface area contributed by atoms with Gasteiger partial charge in [-0.2, -0.15) is 15.0 Å². The molecule has 160 valence electrons. The van der Waals surface area contributed by atoms with Crippen molar-refractivity contribution in [3.05, 3.63) is 60.2 Å². The maximum absolute atomic E-state index is 12.1. The molecule has 0 saturated carbocycles. The number of hydrogen-bond donors (Lipinski definition) is 1. The minimum absolute atomic E-state index is 0.0848. The Bertz CT molecular complexity index is 1040. The van der Waals surface area contributed by atoms with E-state index in [1.807, 2.05) is 56.3 Å². The monoisotopic (exact) mass is 420 g/mol. The Hall–Kier alpha value is -3.75. The van der Waals surface area contributed by atoms with Crippen LogP contribution in [-0.2, 0) is 4.74 Å². The molecule has 1 unspecified atom stereocenters. The Morgan fingerprint density at radius 3 is 2.68 bits per heavy atom. The van der Waals surface area contributed by atoms with Gasteiger partial charge in [-0.05, 0) is 44.5 Å². The predicted molar refractivity (Wildman–Crippen MR) is 115 cm³/mol. The van der Waals surface area contributed by atoms with Gasteiger partial charge in [0.05, 0.1) is 24.0 Å². The lowest BCUT2D eigenvalue weighted by molar-refractivity contribution is 0.178. The minimum atomic E-state index is -0.438. The number of hydrogen-bond acceptors (Lipinski definition) is 8. The number of pyridine rings is 1. The standard InChI is InChI=1S/C22H24N6O3/c1-4-16-13-30-22(29)28(16)21-26-15(3)25-20(27-21)24-14(2)19-11-10-18(12-23-19)31-17-8-6-5-7-9-17/h5-12,14,16H,4,13H2,1-3H3,(H,24,25,26,27)/t14-,16?/m0/s1. The van der Waals surface area contributed by atoms with Gasteiger partial charge in [0.2, 0.25) is 11.9 Å². The molecule has 1 aliphatic heterocycles. The summed E-state index contributed by atoms with van der Waals surface area (Å²) in [5.41, 5.74) is 0.798. The second-order valence-electron chi connectivity index (χ2n) is 7.22. The van der Waals surface area contributed by atoms with Crippen molar-refractivity contribution in [2.24, 2.45) is 0 Å². The smallest absolute Gasteiger partial charge is 0.417 e.